The Balaban J connectivity index is 1.89. The van der Waals surface area contributed by atoms with E-state index in [2.05, 4.69) is 20.6 Å². The third-order valence-electron chi connectivity index (χ3n) is 4.01. The number of aromatic nitrogens is 2. The molecule has 1 aromatic rings. The topological polar surface area (TPSA) is 102 Å². The van der Waals surface area contributed by atoms with Crippen LogP contribution in [0.3, 0.4) is 0 Å². The SMILES string of the molecule is CNc1nc(C)c([N+](=O)[O-])c(NC2CCOC2C2CC2)n1. The molecule has 2 N–H and O–H groups in total. The molecule has 2 fully saturated rings. The largest absolute Gasteiger partial charge is 0.376 e. The Morgan fingerprint density at radius 3 is 2.71 bits per heavy atom. The number of nitrogens with zero attached hydrogens (tertiary/aromatic N) is 3. The molecule has 1 aromatic heterocycles. The zero-order chi connectivity index (χ0) is 15.0. The minimum Gasteiger partial charge on any atom is -0.376 e. The molecule has 1 aliphatic heterocycles. The van der Waals surface area contributed by atoms with E-state index in [1.807, 2.05) is 0 Å². The van der Waals surface area contributed by atoms with E-state index in [-0.39, 0.29) is 23.7 Å². The molecule has 114 valence electrons. The van der Waals surface area contributed by atoms with Crippen LogP contribution in [0, 0.1) is 23.0 Å². The smallest absolute Gasteiger partial charge is 0.332 e. The summed E-state index contributed by atoms with van der Waals surface area (Å²) in [5.74, 6) is 1.23. The Morgan fingerprint density at radius 1 is 1.33 bits per heavy atom. The highest BCUT2D eigenvalue weighted by atomic mass is 16.6. The first kappa shape index (κ1) is 14.0. The lowest BCUT2D eigenvalue weighted by Crippen LogP contribution is -2.31. The lowest BCUT2D eigenvalue weighted by Gasteiger charge is -2.20. The number of nitro groups is 1. The second kappa shape index (κ2) is 5.44. The molecule has 0 spiro atoms. The number of ether oxygens (including phenoxy) is 1. The molecule has 1 saturated heterocycles. The molecule has 2 aliphatic rings. The molecule has 0 radical (unpaired) electrons. The van der Waals surface area contributed by atoms with E-state index in [0.29, 0.717) is 24.2 Å². The van der Waals surface area contributed by atoms with E-state index in [4.69, 9.17) is 4.74 Å². The molecule has 0 aromatic carbocycles. The summed E-state index contributed by atoms with van der Waals surface area (Å²) in [5, 5.41) is 17.3. The molecular formula is C13H19N5O3. The number of aryl methyl sites for hydroxylation is 1. The molecule has 8 nitrogen and oxygen atoms in total. The highest BCUT2D eigenvalue weighted by molar-refractivity contribution is 5.61. The van der Waals surface area contributed by atoms with Crippen molar-refractivity contribution in [2.75, 3.05) is 24.3 Å². The standard InChI is InChI=1S/C13H19N5O3/c1-7-10(18(19)20)12(17-13(14-2)15-7)16-9-5-6-21-11(9)8-3-4-8/h8-9,11H,3-6H2,1-2H3,(H2,14,15,16,17). The molecule has 1 saturated carbocycles. The van der Waals surface area contributed by atoms with Crippen molar-refractivity contribution in [2.24, 2.45) is 5.92 Å². The number of hydrogen-bond acceptors (Lipinski definition) is 7. The van der Waals surface area contributed by atoms with Gasteiger partial charge in [-0.25, -0.2) is 4.98 Å². The summed E-state index contributed by atoms with van der Waals surface area (Å²) in [5.41, 5.74) is 0.291. The van der Waals surface area contributed by atoms with Crippen molar-refractivity contribution in [1.82, 2.24) is 9.97 Å². The lowest BCUT2D eigenvalue weighted by atomic mass is 10.1. The Morgan fingerprint density at radius 2 is 2.10 bits per heavy atom. The molecule has 2 atom stereocenters. The Bertz CT molecular complexity index is 561. The fourth-order valence-electron chi connectivity index (χ4n) is 2.83. The van der Waals surface area contributed by atoms with Gasteiger partial charge in [-0.15, -0.1) is 0 Å². The summed E-state index contributed by atoms with van der Waals surface area (Å²) < 4.78 is 5.76. The van der Waals surface area contributed by atoms with Crippen LogP contribution in [0.4, 0.5) is 17.5 Å². The van der Waals surface area contributed by atoms with Gasteiger partial charge in [0.05, 0.1) is 17.1 Å². The number of hydrogen-bond donors (Lipinski definition) is 2. The van der Waals surface area contributed by atoms with Gasteiger partial charge < -0.3 is 15.4 Å². The van der Waals surface area contributed by atoms with Crippen LogP contribution in [0.2, 0.25) is 0 Å². The van der Waals surface area contributed by atoms with E-state index >= 15 is 0 Å². The highest BCUT2D eigenvalue weighted by Crippen LogP contribution is 2.40. The number of nitrogens with one attached hydrogen (secondary N) is 2. The molecule has 0 bridgehead atoms. The van der Waals surface area contributed by atoms with Gasteiger partial charge in [-0.2, -0.15) is 4.98 Å². The maximum absolute atomic E-state index is 11.3. The first-order valence-corrected chi connectivity index (χ1v) is 7.19. The quantitative estimate of drug-likeness (QED) is 0.629. The monoisotopic (exact) mass is 293 g/mol. The summed E-state index contributed by atoms with van der Waals surface area (Å²) in [6, 6.07) is 0.0789. The van der Waals surface area contributed by atoms with Crippen LogP contribution in [0.25, 0.3) is 0 Å². The van der Waals surface area contributed by atoms with E-state index < -0.39 is 4.92 Å². The van der Waals surface area contributed by atoms with Crippen LogP contribution >= 0.6 is 0 Å². The van der Waals surface area contributed by atoms with Crippen LogP contribution in [0.5, 0.6) is 0 Å². The summed E-state index contributed by atoms with van der Waals surface area (Å²) in [6.45, 7) is 2.31. The van der Waals surface area contributed by atoms with Gasteiger partial charge in [0, 0.05) is 13.7 Å². The van der Waals surface area contributed by atoms with E-state index in [9.17, 15) is 10.1 Å². The summed E-state index contributed by atoms with van der Waals surface area (Å²) in [4.78, 5) is 19.1. The average molecular weight is 293 g/mol. The molecule has 2 heterocycles. The molecule has 3 rings (SSSR count). The van der Waals surface area contributed by atoms with Gasteiger partial charge in [-0.1, -0.05) is 0 Å². The fraction of sp³-hybridized carbons (Fsp3) is 0.692. The van der Waals surface area contributed by atoms with Gasteiger partial charge in [0.25, 0.3) is 0 Å². The Hall–Kier alpha value is -1.96. The van der Waals surface area contributed by atoms with Gasteiger partial charge in [0.2, 0.25) is 11.8 Å². The van der Waals surface area contributed by atoms with E-state index in [1.165, 1.54) is 12.8 Å². The molecule has 0 amide bonds. The first-order valence-electron chi connectivity index (χ1n) is 7.19. The second-order valence-electron chi connectivity index (χ2n) is 5.55. The maximum atomic E-state index is 11.3. The fourth-order valence-corrected chi connectivity index (χ4v) is 2.83. The number of anilines is 2. The van der Waals surface area contributed by atoms with Crippen molar-refractivity contribution in [3.63, 3.8) is 0 Å². The van der Waals surface area contributed by atoms with Crippen molar-refractivity contribution in [3.8, 4) is 0 Å². The Kier molecular flexibility index (Phi) is 3.62. The van der Waals surface area contributed by atoms with Crippen LogP contribution in [-0.4, -0.2) is 40.7 Å². The molecule has 21 heavy (non-hydrogen) atoms. The lowest BCUT2D eigenvalue weighted by molar-refractivity contribution is -0.385. The Labute approximate surface area is 122 Å². The highest BCUT2D eigenvalue weighted by Gasteiger charge is 2.41. The van der Waals surface area contributed by atoms with Crippen LogP contribution in [0.15, 0.2) is 0 Å². The van der Waals surface area contributed by atoms with E-state index in [0.717, 1.165) is 6.42 Å². The summed E-state index contributed by atoms with van der Waals surface area (Å²) in [6.07, 6.45) is 3.33. The predicted octanol–water partition coefficient (Wildman–Crippen LogP) is 1.71. The minimum absolute atomic E-state index is 0.0598. The van der Waals surface area contributed by atoms with Crippen molar-refractivity contribution in [3.05, 3.63) is 15.8 Å². The average Bonchev–Trinajstić information content (AvgIpc) is 3.18. The molecule has 2 unspecified atom stereocenters. The first-order chi connectivity index (χ1) is 10.1. The third-order valence-corrected chi connectivity index (χ3v) is 4.01. The van der Waals surface area contributed by atoms with Crippen LogP contribution in [-0.2, 0) is 4.74 Å². The van der Waals surface area contributed by atoms with Gasteiger partial charge in [0.15, 0.2) is 0 Å². The zero-order valence-corrected chi connectivity index (χ0v) is 12.1. The van der Waals surface area contributed by atoms with Gasteiger partial charge in [0.1, 0.15) is 5.69 Å². The van der Waals surface area contributed by atoms with Crippen molar-refractivity contribution in [2.45, 2.75) is 38.3 Å². The zero-order valence-electron chi connectivity index (χ0n) is 12.1. The molecule has 1 aliphatic carbocycles. The number of rotatable bonds is 5. The van der Waals surface area contributed by atoms with Crippen molar-refractivity contribution in [1.29, 1.82) is 0 Å². The maximum Gasteiger partial charge on any atom is 0.332 e. The van der Waals surface area contributed by atoms with Gasteiger partial charge >= 0.3 is 5.69 Å². The summed E-state index contributed by atoms with van der Waals surface area (Å²) in [7, 11) is 1.69. The van der Waals surface area contributed by atoms with Gasteiger partial charge in [-0.3, -0.25) is 10.1 Å². The molecular weight excluding hydrogens is 274 g/mol. The van der Waals surface area contributed by atoms with Crippen LogP contribution in [0.1, 0.15) is 25.0 Å². The van der Waals surface area contributed by atoms with Crippen LogP contribution < -0.4 is 10.6 Å². The minimum atomic E-state index is -0.432. The van der Waals surface area contributed by atoms with Crippen molar-refractivity contribution < 1.29 is 9.66 Å². The third kappa shape index (κ3) is 2.76. The van der Waals surface area contributed by atoms with Gasteiger partial charge in [-0.05, 0) is 32.1 Å². The predicted molar refractivity (Wildman–Crippen MR) is 77.5 cm³/mol. The second-order valence-corrected chi connectivity index (χ2v) is 5.55. The van der Waals surface area contributed by atoms with Crippen molar-refractivity contribution >= 4 is 17.5 Å². The normalized spacial score (nSPS) is 24.9. The van der Waals surface area contributed by atoms with E-state index in [1.54, 1.807) is 14.0 Å². The summed E-state index contributed by atoms with van der Waals surface area (Å²) >= 11 is 0. The molecule has 8 heteroatoms.